The van der Waals surface area contributed by atoms with Gasteiger partial charge in [0, 0.05) is 17.0 Å². The number of hydrogen-bond donors (Lipinski definition) is 2. The molecule has 0 amide bonds. The molecule has 2 N–H and O–H groups in total. The van der Waals surface area contributed by atoms with Crippen molar-refractivity contribution in [3.8, 4) is 11.5 Å². The molecule has 0 unspecified atom stereocenters. The van der Waals surface area contributed by atoms with Gasteiger partial charge in [0.15, 0.2) is 11.5 Å². The molecule has 142 valence electrons. The lowest BCUT2D eigenvalue weighted by Crippen LogP contribution is -2.54. The molecule has 2 bridgehead atoms. The molecule has 1 saturated carbocycles. The largest absolute Gasteiger partial charge is 0.504 e. The number of phenols is 1. The van der Waals surface area contributed by atoms with Crippen molar-refractivity contribution in [1.82, 2.24) is 0 Å². The molecule has 2 fully saturated rings. The molecule has 4 atom stereocenters. The van der Waals surface area contributed by atoms with Crippen LogP contribution >= 0.6 is 0 Å². The number of benzene rings is 1. The summed E-state index contributed by atoms with van der Waals surface area (Å²) in [6.07, 6.45) is 0.998. The fraction of sp³-hybridized carbons (Fsp3) is 0.667. The van der Waals surface area contributed by atoms with E-state index >= 15 is 0 Å². The number of hydrogen-bond acceptors (Lipinski definition) is 5. The minimum atomic E-state index is -0.929. The zero-order valence-electron chi connectivity index (χ0n) is 16.1. The third-order valence-corrected chi connectivity index (χ3v) is 6.92. The number of rotatable bonds is 2. The first kappa shape index (κ1) is 17.7. The third-order valence-electron chi connectivity index (χ3n) is 6.92. The highest BCUT2D eigenvalue weighted by molar-refractivity contribution is 5.90. The Kier molecular flexibility index (Phi) is 3.65. The van der Waals surface area contributed by atoms with E-state index in [1.807, 2.05) is 19.9 Å². The maximum atomic E-state index is 13.1. The van der Waals surface area contributed by atoms with Crippen LogP contribution in [0.5, 0.6) is 11.5 Å². The topological polar surface area (TPSA) is 76.0 Å². The SMILES string of the molecule is COc1c(C(C)C)cc2c(c1O)[C@@]13CCCC(C)(C)[C@@H]1[C@H](OC3=O)[C@@H]2O. The fourth-order valence-corrected chi connectivity index (χ4v) is 5.90. The van der Waals surface area contributed by atoms with Crippen molar-refractivity contribution in [2.24, 2.45) is 11.3 Å². The van der Waals surface area contributed by atoms with E-state index in [4.69, 9.17) is 9.47 Å². The lowest BCUT2D eigenvalue weighted by atomic mass is 9.49. The van der Waals surface area contributed by atoms with Gasteiger partial charge in [0.2, 0.25) is 0 Å². The second-order valence-electron chi connectivity index (χ2n) is 9.07. The fourth-order valence-electron chi connectivity index (χ4n) is 5.90. The Balaban J connectivity index is 2.07. The van der Waals surface area contributed by atoms with Crippen LogP contribution in [0.2, 0.25) is 0 Å². The van der Waals surface area contributed by atoms with Crippen LogP contribution in [-0.4, -0.2) is 29.4 Å². The highest BCUT2D eigenvalue weighted by Crippen LogP contribution is 2.66. The first-order valence-electron chi connectivity index (χ1n) is 9.50. The van der Waals surface area contributed by atoms with Crippen LogP contribution in [0.15, 0.2) is 6.07 Å². The van der Waals surface area contributed by atoms with Crippen molar-refractivity contribution < 1.29 is 24.5 Å². The number of esters is 1. The van der Waals surface area contributed by atoms with Gasteiger partial charge in [0.05, 0.1) is 7.11 Å². The summed E-state index contributed by atoms with van der Waals surface area (Å²) in [5.74, 6) is 0.0426. The van der Waals surface area contributed by atoms with Crippen molar-refractivity contribution in [2.45, 2.75) is 70.5 Å². The summed E-state index contributed by atoms with van der Waals surface area (Å²) in [5, 5.41) is 22.3. The average Bonchev–Trinajstić information content (AvgIpc) is 2.83. The van der Waals surface area contributed by atoms with E-state index in [-0.39, 0.29) is 29.0 Å². The maximum Gasteiger partial charge on any atom is 0.317 e. The minimum absolute atomic E-state index is 0.00671. The number of aliphatic hydroxyl groups excluding tert-OH is 1. The van der Waals surface area contributed by atoms with Gasteiger partial charge in [-0.1, -0.05) is 34.1 Å². The van der Waals surface area contributed by atoms with Crippen LogP contribution in [0, 0.1) is 11.3 Å². The zero-order valence-corrected chi connectivity index (χ0v) is 16.1. The highest BCUT2D eigenvalue weighted by atomic mass is 16.6. The number of methoxy groups -OCH3 is 1. The Morgan fingerprint density at radius 1 is 1.31 bits per heavy atom. The van der Waals surface area contributed by atoms with Crippen LogP contribution in [-0.2, 0) is 14.9 Å². The number of ether oxygens (including phenoxy) is 2. The molecule has 0 spiro atoms. The monoisotopic (exact) mass is 360 g/mol. The minimum Gasteiger partial charge on any atom is -0.504 e. The predicted octanol–water partition coefficient (Wildman–Crippen LogP) is 3.56. The molecule has 1 heterocycles. The third kappa shape index (κ3) is 1.92. The first-order chi connectivity index (χ1) is 12.2. The number of carbonyl (C=O) groups excluding carboxylic acids is 1. The van der Waals surface area contributed by atoms with Crippen LogP contribution < -0.4 is 4.74 Å². The zero-order chi connectivity index (χ0) is 19.0. The van der Waals surface area contributed by atoms with Crippen molar-refractivity contribution >= 4 is 5.97 Å². The molecule has 4 rings (SSSR count). The molecule has 5 nitrogen and oxygen atoms in total. The van der Waals surface area contributed by atoms with Gasteiger partial charge in [0.1, 0.15) is 17.6 Å². The summed E-state index contributed by atoms with van der Waals surface area (Å²) in [5.41, 5.74) is 0.928. The Labute approximate surface area is 154 Å². The van der Waals surface area contributed by atoms with E-state index in [1.165, 1.54) is 7.11 Å². The molecule has 1 aliphatic heterocycles. The Hall–Kier alpha value is -1.75. The Morgan fingerprint density at radius 2 is 2.00 bits per heavy atom. The standard InChI is InChI=1S/C21H28O5/c1-10(2)11-9-12-13(15(23)16(11)25-5)21-8-6-7-20(3,4)18(21)17(14(12)22)26-19(21)24/h9-10,14,17-18,22-23H,6-8H2,1-5H3/t14-,17-,18+,21+/m1/s1. The van der Waals surface area contributed by atoms with Crippen molar-refractivity contribution in [1.29, 1.82) is 0 Å². The number of fused-ring (bicyclic) bond motifs is 1. The summed E-state index contributed by atoms with van der Waals surface area (Å²) in [6.45, 7) is 8.30. The van der Waals surface area contributed by atoms with Gasteiger partial charge in [-0.15, -0.1) is 0 Å². The van der Waals surface area contributed by atoms with Gasteiger partial charge >= 0.3 is 5.97 Å². The molecule has 5 heteroatoms. The normalized spacial score (nSPS) is 34.3. The molecule has 26 heavy (non-hydrogen) atoms. The lowest BCUT2D eigenvalue weighted by Gasteiger charge is -2.51. The van der Waals surface area contributed by atoms with E-state index in [0.717, 1.165) is 18.4 Å². The smallest absolute Gasteiger partial charge is 0.317 e. The molecule has 1 aromatic rings. The lowest BCUT2D eigenvalue weighted by molar-refractivity contribution is -0.148. The maximum absolute atomic E-state index is 13.1. The number of phenolic OH excluding ortho intramolecular Hbond substituents is 1. The number of carbonyl (C=O) groups is 1. The van der Waals surface area contributed by atoms with Crippen LogP contribution in [0.4, 0.5) is 0 Å². The second kappa shape index (κ2) is 5.38. The van der Waals surface area contributed by atoms with Crippen molar-refractivity contribution in [2.75, 3.05) is 7.11 Å². The summed E-state index contributed by atoms with van der Waals surface area (Å²) in [6, 6.07) is 1.90. The number of aromatic hydroxyl groups is 1. The van der Waals surface area contributed by atoms with Gasteiger partial charge in [-0.05, 0) is 35.8 Å². The molecule has 1 aromatic carbocycles. The van der Waals surface area contributed by atoms with Gasteiger partial charge in [-0.25, -0.2) is 0 Å². The van der Waals surface area contributed by atoms with Crippen molar-refractivity contribution in [3.63, 3.8) is 0 Å². The van der Waals surface area contributed by atoms with Gasteiger partial charge in [0.25, 0.3) is 0 Å². The van der Waals surface area contributed by atoms with Crippen molar-refractivity contribution in [3.05, 3.63) is 22.8 Å². The summed E-state index contributed by atoms with van der Waals surface area (Å²) < 4.78 is 11.3. The second-order valence-corrected chi connectivity index (χ2v) is 9.07. The van der Waals surface area contributed by atoms with Crippen LogP contribution in [0.3, 0.4) is 0 Å². The van der Waals surface area contributed by atoms with E-state index < -0.39 is 17.6 Å². The van der Waals surface area contributed by atoms with Crippen LogP contribution in [0.25, 0.3) is 0 Å². The first-order valence-corrected chi connectivity index (χ1v) is 9.50. The van der Waals surface area contributed by atoms with E-state index in [0.29, 0.717) is 23.3 Å². The molecular weight excluding hydrogens is 332 g/mol. The molecular formula is C21H28O5. The Bertz CT molecular complexity index is 781. The van der Waals surface area contributed by atoms with E-state index in [2.05, 4.69) is 13.8 Å². The highest BCUT2D eigenvalue weighted by Gasteiger charge is 2.70. The summed E-state index contributed by atoms with van der Waals surface area (Å²) in [4.78, 5) is 13.1. The Morgan fingerprint density at radius 3 is 2.62 bits per heavy atom. The predicted molar refractivity (Wildman–Crippen MR) is 96.4 cm³/mol. The summed E-state index contributed by atoms with van der Waals surface area (Å²) in [7, 11) is 1.53. The average molecular weight is 360 g/mol. The van der Waals surface area contributed by atoms with E-state index in [9.17, 15) is 15.0 Å². The van der Waals surface area contributed by atoms with Gasteiger partial charge < -0.3 is 19.7 Å². The molecule has 0 aromatic heterocycles. The molecule has 3 aliphatic rings. The molecule has 1 saturated heterocycles. The quantitative estimate of drug-likeness (QED) is 0.789. The summed E-state index contributed by atoms with van der Waals surface area (Å²) >= 11 is 0. The molecule has 2 aliphatic carbocycles. The van der Waals surface area contributed by atoms with Gasteiger partial charge in [-0.3, -0.25) is 4.79 Å². The molecule has 0 radical (unpaired) electrons. The number of aliphatic hydroxyl groups is 1. The van der Waals surface area contributed by atoms with E-state index in [1.54, 1.807) is 0 Å². The van der Waals surface area contributed by atoms with Gasteiger partial charge in [-0.2, -0.15) is 0 Å². The van der Waals surface area contributed by atoms with Crippen LogP contribution in [0.1, 0.15) is 75.7 Å².